The molecule has 0 unspecified atom stereocenters. The van der Waals surface area contributed by atoms with Crippen LogP contribution in [0, 0.1) is 0 Å². The number of hydrogen-bond donors (Lipinski definition) is 2. The van der Waals surface area contributed by atoms with Crippen LogP contribution in [0.4, 0.5) is 0 Å². The molecular formula is C13H8N2OS. The molecule has 0 saturated carbocycles. The van der Waals surface area contributed by atoms with Gasteiger partial charge in [-0.2, -0.15) is 0 Å². The topological polar surface area (TPSA) is 48.6 Å². The van der Waals surface area contributed by atoms with Crippen LogP contribution in [0.3, 0.4) is 0 Å². The summed E-state index contributed by atoms with van der Waals surface area (Å²) in [6, 6.07) is 11.5. The first kappa shape index (κ1) is 9.01. The normalized spacial score (nSPS) is 11.8. The van der Waals surface area contributed by atoms with Crippen molar-refractivity contribution in [3.8, 4) is 0 Å². The Balaban J connectivity index is 2.49. The van der Waals surface area contributed by atoms with Crippen LogP contribution in [0.15, 0.2) is 41.2 Å². The van der Waals surface area contributed by atoms with Crippen LogP contribution in [0.5, 0.6) is 0 Å². The zero-order chi connectivity index (χ0) is 11.4. The number of benzene rings is 2. The van der Waals surface area contributed by atoms with E-state index < -0.39 is 0 Å². The van der Waals surface area contributed by atoms with Crippen LogP contribution in [0.1, 0.15) is 0 Å². The van der Waals surface area contributed by atoms with E-state index in [1.54, 1.807) is 17.4 Å². The first-order valence-electron chi connectivity index (χ1n) is 5.35. The standard InChI is InChI=1S/C13H8N2OS/c16-8-4-2-6-10-12(8)13-11-7(14-15-13)3-1-5-9(11)17-10/h1-6,14-15H. The molecule has 0 fully saturated rings. The molecule has 0 amide bonds. The quantitative estimate of drug-likeness (QED) is 0.455. The van der Waals surface area contributed by atoms with Crippen molar-refractivity contribution in [3.05, 3.63) is 46.6 Å². The minimum absolute atomic E-state index is 0.0710. The number of fused-ring (bicyclic) bond motifs is 2. The van der Waals surface area contributed by atoms with Crippen molar-refractivity contribution in [2.75, 3.05) is 0 Å². The summed E-state index contributed by atoms with van der Waals surface area (Å²) in [5.41, 5.74) is 2.02. The largest absolute Gasteiger partial charge is 0.300 e. The maximum Gasteiger partial charge on any atom is 0.189 e. The highest BCUT2D eigenvalue weighted by Crippen LogP contribution is 2.33. The minimum atomic E-state index is 0.0710. The van der Waals surface area contributed by atoms with E-state index in [4.69, 9.17) is 0 Å². The third-order valence-electron chi connectivity index (χ3n) is 3.06. The van der Waals surface area contributed by atoms with Gasteiger partial charge >= 0.3 is 0 Å². The van der Waals surface area contributed by atoms with Crippen LogP contribution in [0.25, 0.3) is 31.2 Å². The predicted molar refractivity (Wildman–Crippen MR) is 71.8 cm³/mol. The van der Waals surface area contributed by atoms with Crippen LogP contribution >= 0.6 is 11.3 Å². The zero-order valence-electron chi connectivity index (χ0n) is 8.78. The molecule has 82 valence electrons. The Morgan fingerprint density at radius 3 is 2.53 bits per heavy atom. The Bertz CT molecular complexity index is 913. The van der Waals surface area contributed by atoms with E-state index in [1.807, 2.05) is 24.3 Å². The number of aromatic amines is 2. The van der Waals surface area contributed by atoms with Gasteiger partial charge in [0, 0.05) is 14.8 Å². The van der Waals surface area contributed by atoms with Gasteiger partial charge in [0.2, 0.25) is 0 Å². The van der Waals surface area contributed by atoms with Crippen LogP contribution in [0.2, 0.25) is 0 Å². The van der Waals surface area contributed by atoms with Gasteiger partial charge in [-0.15, -0.1) is 11.3 Å². The van der Waals surface area contributed by atoms with Crippen molar-refractivity contribution >= 4 is 42.5 Å². The van der Waals surface area contributed by atoms with Crippen molar-refractivity contribution in [3.63, 3.8) is 0 Å². The van der Waals surface area contributed by atoms with Crippen molar-refractivity contribution in [2.24, 2.45) is 0 Å². The van der Waals surface area contributed by atoms with E-state index in [0.29, 0.717) is 0 Å². The first-order chi connectivity index (χ1) is 8.34. The average molecular weight is 240 g/mol. The second kappa shape index (κ2) is 2.99. The molecule has 0 bridgehead atoms. The molecule has 4 rings (SSSR count). The second-order valence-electron chi connectivity index (χ2n) is 4.04. The average Bonchev–Trinajstić information content (AvgIpc) is 2.75. The minimum Gasteiger partial charge on any atom is -0.300 e. The van der Waals surface area contributed by atoms with Gasteiger partial charge < -0.3 is 5.10 Å². The number of nitrogens with one attached hydrogen (secondary N) is 2. The molecule has 0 atom stereocenters. The van der Waals surface area contributed by atoms with E-state index in [1.165, 1.54) is 4.70 Å². The molecule has 0 aliphatic carbocycles. The second-order valence-corrected chi connectivity index (χ2v) is 5.12. The van der Waals surface area contributed by atoms with E-state index in [-0.39, 0.29) is 5.43 Å². The monoisotopic (exact) mass is 240 g/mol. The molecule has 4 aromatic rings. The molecule has 0 aliphatic rings. The summed E-state index contributed by atoms with van der Waals surface area (Å²) >= 11 is 1.65. The summed E-state index contributed by atoms with van der Waals surface area (Å²) < 4.78 is 2.21. The number of hydrogen-bond acceptors (Lipinski definition) is 2. The van der Waals surface area contributed by atoms with E-state index in [2.05, 4.69) is 16.3 Å². The molecule has 0 saturated heterocycles. The van der Waals surface area contributed by atoms with Crippen LogP contribution in [-0.4, -0.2) is 10.2 Å². The molecule has 2 heterocycles. The fraction of sp³-hybridized carbons (Fsp3) is 0. The number of aromatic nitrogens is 2. The molecule has 0 radical (unpaired) electrons. The maximum atomic E-state index is 12.0. The highest BCUT2D eigenvalue weighted by molar-refractivity contribution is 7.25. The lowest BCUT2D eigenvalue weighted by Gasteiger charge is -2.00. The van der Waals surface area contributed by atoms with Gasteiger partial charge in [-0.3, -0.25) is 9.89 Å². The smallest absolute Gasteiger partial charge is 0.189 e. The Morgan fingerprint density at radius 2 is 1.65 bits per heavy atom. The lowest BCUT2D eigenvalue weighted by molar-refractivity contribution is 1.15. The lowest BCUT2D eigenvalue weighted by atomic mass is 10.1. The highest BCUT2D eigenvalue weighted by Gasteiger charge is 2.10. The highest BCUT2D eigenvalue weighted by atomic mass is 32.1. The third kappa shape index (κ3) is 1.08. The van der Waals surface area contributed by atoms with Crippen molar-refractivity contribution in [1.29, 1.82) is 0 Å². The Kier molecular flexibility index (Phi) is 1.58. The van der Waals surface area contributed by atoms with E-state index in [9.17, 15) is 4.79 Å². The zero-order valence-corrected chi connectivity index (χ0v) is 9.60. The Morgan fingerprint density at radius 1 is 0.882 bits per heavy atom. The molecule has 4 heteroatoms. The van der Waals surface area contributed by atoms with Crippen LogP contribution < -0.4 is 5.43 Å². The number of H-pyrrole nitrogens is 2. The molecular weight excluding hydrogens is 232 g/mol. The van der Waals surface area contributed by atoms with Gasteiger partial charge in [0.25, 0.3) is 0 Å². The summed E-state index contributed by atoms with van der Waals surface area (Å²) in [6.45, 7) is 0. The summed E-state index contributed by atoms with van der Waals surface area (Å²) in [6.07, 6.45) is 0. The van der Waals surface area contributed by atoms with Gasteiger partial charge in [0.05, 0.1) is 16.4 Å². The van der Waals surface area contributed by atoms with Crippen molar-refractivity contribution in [1.82, 2.24) is 10.2 Å². The fourth-order valence-corrected chi connectivity index (χ4v) is 3.47. The molecule has 2 aromatic carbocycles. The van der Waals surface area contributed by atoms with Gasteiger partial charge in [-0.05, 0) is 24.3 Å². The third-order valence-corrected chi connectivity index (χ3v) is 4.18. The predicted octanol–water partition coefficient (Wildman–Crippen LogP) is 3.22. The van der Waals surface area contributed by atoms with E-state index in [0.717, 1.165) is 26.5 Å². The van der Waals surface area contributed by atoms with Crippen molar-refractivity contribution < 1.29 is 0 Å². The first-order valence-corrected chi connectivity index (χ1v) is 6.17. The molecule has 0 aliphatic heterocycles. The Hall–Kier alpha value is -2.07. The van der Waals surface area contributed by atoms with Gasteiger partial charge in [0.1, 0.15) is 0 Å². The number of rotatable bonds is 0. The van der Waals surface area contributed by atoms with Gasteiger partial charge in [-0.1, -0.05) is 12.1 Å². The Labute approximate surface area is 99.7 Å². The fourth-order valence-electron chi connectivity index (χ4n) is 2.32. The van der Waals surface area contributed by atoms with Crippen LogP contribution in [-0.2, 0) is 0 Å². The maximum absolute atomic E-state index is 12.0. The van der Waals surface area contributed by atoms with Gasteiger partial charge in [0.15, 0.2) is 5.43 Å². The lowest BCUT2D eigenvalue weighted by Crippen LogP contribution is -1.98. The van der Waals surface area contributed by atoms with Crippen molar-refractivity contribution in [2.45, 2.75) is 0 Å². The molecule has 2 N–H and O–H groups in total. The molecule has 17 heavy (non-hydrogen) atoms. The summed E-state index contributed by atoms with van der Waals surface area (Å²) in [5, 5.41) is 8.12. The summed E-state index contributed by atoms with van der Waals surface area (Å²) in [4.78, 5) is 12.0. The SMILES string of the molecule is O=c1cccc2sc3cccc4[nH][nH]c(c12)c43. The summed E-state index contributed by atoms with van der Waals surface area (Å²) in [7, 11) is 0. The molecule has 2 aromatic heterocycles. The molecule has 3 nitrogen and oxygen atoms in total. The molecule has 0 spiro atoms. The summed E-state index contributed by atoms with van der Waals surface area (Å²) in [5.74, 6) is 0. The van der Waals surface area contributed by atoms with Gasteiger partial charge in [-0.25, -0.2) is 0 Å². The van der Waals surface area contributed by atoms with E-state index >= 15 is 0 Å².